The summed E-state index contributed by atoms with van der Waals surface area (Å²) in [6, 6.07) is 4.80. The highest BCUT2D eigenvalue weighted by atomic mass is 79.9. The van der Waals surface area contributed by atoms with Crippen LogP contribution in [0, 0.1) is 0 Å². The summed E-state index contributed by atoms with van der Waals surface area (Å²) in [5, 5.41) is 21.3. The zero-order valence-corrected chi connectivity index (χ0v) is 11.5. The van der Waals surface area contributed by atoms with Crippen molar-refractivity contribution in [2.45, 2.75) is 12.5 Å². The second kappa shape index (κ2) is 5.82. The van der Waals surface area contributed by atoms with Crippen LogP contribution in [-0.4, -0.2) is 34.9 Å². The normalized spacial score (nSPS) is 14.2. The van der Waals surface area contributed by atoms with Gasteiger partial charge in [-0.25, -0.2) is 0 Å². The molecule has 0 saturated heterocycles. The Morgan fingerprint density at radius 1 is 1.59 bits per heavy atom. The van der Waals surface area contributed by atoms with E-state index in [0.29, 0.717) is 15.1 Å². The molecular formula is C11H13BrClNO3. The average Bonchev–Trinajstić information content (AvgIpc) is 2.30. The molecule has 0 spiro atoms. The number of benzene rings is 1. The van der Waals surface area contributed by atoms with E-state index in [1.54, 1.807) is 12.1 Å². The third-order valence-electron chi connectivity index (χ3n) is 2.15. The molecule has 0 saturated carbocycles. The van der Waals surface area contributed by atoms with E-state index in [9.17, 15) is 9.90 Å². The van der Waals surface area contributed by atoms with Crippen LogP contribution in [0.1, 0.15) is 17.3 Å². The summed E-state index contributed by atoms with van der Waals surface area (Å²) in [6.45, 7) is 0.978. The van der Waals surface area contributed by atoms with Crippen LogP contribution in [0.25, 0.3) is 0 Å². The predicted octanol–water partition coefficient (Wildman–Crippen LogP) is 1.58. The molecule has 1 aromatic carbocycles. The van der Waals surface area contributed by atoms with E-state index >= 15 is 0 Å². The van der Waals surface area contributed by atoms with E-state index < -0.39 is 12.2 Å². The first-order valence-corrected chi connectivity index (χ1v) is 6.09. The van der Waals surface area contributed by atoms with E-state index in [0.717, 1.165) is 0 Å². The van der Waals surface area contributed by atoms with Crippen molar-refractivity contribution in [2.75, 3.05) is 13.2 Å². The Balaban J connectivity index is 2.68. The van der Waals surface area contributed by atoms with Crippen molar-refractivity contribution >= 4 is 33.4 Å². The van der Waals surface area contributed by atoms with Crippen LogP contribution in [0.4, 0.5) is 0 Å². The predicted molar refractivity (Wildman–Crippen MR) is 69.2 cm³/mol. The van der Waals surface area contributed by atoms with Crippen LogP contribution in [0.2, 0.25) is 5.02 Å². The molecule has 94 valence electrons. The molecule has 3 N–H and O–H groups in total. The van der Waals surface area contributed by atoms with Gasteiger partial charge < -0.3 is 15.5 Å². The smallest absolute Gasteiger partial charge is 0.251 e. The number of nitrogens with one attached hydrogen (secondary N) is 1. The maximum absolute atomic E-state index is 11.7. The molecule has 0 bridgehead atoms. The molecule has 1 rings (SSSR count). The first-order valence-electron chi connectivity index (χ1n) is 4.92. The van der Waals surface area contributed by atoms with E-state index in [4.69, 9.17) is 16.7 Å². The number of aliphatic hydroxyl groups excluding tert-OH is 1. The van der Waals surface area contributed by atoms with Gasteiger partial charge in [-0.15, -0.1) is 0 Å². The van der Waals surface area contributed by atoms with Crippen molar-refractivity contribution in [2.24, 2.45) is 0 Å². The third-order valence-corrected chi connectivity index (χ3v) is 3.38. The topological polar surface area (TPSA) is 69.6 Å². The molecule has 1 unspecified atom stereocenters. The minimum atomic E-state index is -1.32. The number of halogens is 2. The fourth-order valence-corrected chi connectivity index (χ4v) is 1.49. The molecule has 17 heavy (non-hydrogen) atoms. The molecule has 1 aromatic rings. The molecule has 0 heterocycles. The molecule has 0 aliphatic heterocycles. The van der Waals surface area contributed by atoms with Crippen LogP contribution < -0.4 is 5.32 Å². The Labute approximate surface area is 113 Å². The van der Waals surface area contributed by atoms with Gasteiger partial charge in [0.1, 0.15) is 5.60 Å². The molecule has 4 nitrogen and oxygen atoms in total. The Hall–Kier alpha value is -0.620. The Morgan fingerprint density at radius 3 is 2.76 bits per heavy atom. The fourth-order valence-electron chi connectivity index (χ4n) is 1.07. The maximum Gasteiger partial charge on any atom is 0.251 e. The van der Waals surface area contributed by atoms with Crippen molar-refractivity contribution in [1.29, 1.82) is 0 Å². The third kappa shape index (κ3) is 4.27. The number of hydrogen-bond donors (Lipinski definition) is 3. The standard InChI is InChI=1S/C11H13BrClNO3/c1-11(17,6-15)5-14-10(16)7-2-3-8(12)9(13)4-7/h2-4,15,17H,5-6H2,1H3,(H,14,16). The minimum absolute atomic E-state index is 0.0317. The molecule has 0 aliphatic carbocycles. The minimum Gasteiger partial charge on any atom is -0.393 e. The zero-order valence-electron chi connectivity index (χ0n) is 9.20. The van der Waals surface area contributed by atoms with Gasteiger partial charge in [-0.1, -0.05) is 11.6 Å². The molecule has 6 heteroatoms. The number of carbonyl (C=O) groups is 1. The molecule has 0 aromatic heterocycles. The van der Waals surface area contributed by atoms with Crippen LogP contribution in [0.15, 0.2) is 22.7 Å². The number of carbonyl (C=O) groups excluding carboxylic acids is 1. The molecule has 0 radical (unpaired) electrons. The number of rotatable bonds is 4. The molecule has 1 atom stereocenters. The largest absolute Gasteiger partial charge is 0.393 e. The van der Waals surface area contributed by atoms with Gasteiger partial charge in [-0.2, -0.15) is 0 Å². The van der Waals surface area contributed by atoms with Gasteiger partial charge in [0, 0.05) is 16.6 Å². The highest BCUT2D eigenvalue weighted by Crippen LogP contribution is 2.23. The Kier molecular flexibility index (Phi) is 4.94. The van der Waals surface area contributed by atoms with Crippen molar-refractivity contribution in [1.82, 2.24) is 5.32 Å². The van der Waals surface area contributed by atoms with Gasteiger partial charge >= 0.3 is 0 Å². The van der Waals surface area contributed by atoms with Crippen LogP contribution in [-0.2, 0) is 0 Å². The van der Waals surface area contributed by atoms with Gasteiger partial charge in [-0.05, 0) is 41.1 Å². The second-order valence-electron chi connectivity index (χ2n) is 3.97. The van der Waals surface area contributed by atoms with E-state index in [2.05, 4.69) is 21.2 Å². The van der Waals surface area contributed by atoms with Gasteiger partial charge in [-0.3, -0.25) is 4.79 Å². The number of amides is 1. The Morgan fingerprint density at radius 2 is 2.24 bits per heavy atom. The lowest BCUT2D eigenvalue weighted by molar-refractivity contribution is 0.00320. The van der Waals surface area contributed by atoms with Crippen LogP contribution in [0.5, 0.6) is 0 Å². The molecule has 0 fully saturated rings. The van der Waals surface area contributed by atoms with Gasteiger partial charge in [0.25, 0.3) is 5.91 Å². The quantitative estimate of drug-likeness (QED) is 0.788. The molecule has 1 amide bonds. The zero-order chi connectivity index (χ0) is 13.1. The summed E-state index contributed by atoms with van der Waals surface area (Å²) in [4.78, 5) is 11.7. The molecular weight excluding hydrogens is 309 g/mol. The average molecular weight is 323 g/mol. The summed E-state index contributed by atoms with van der Waals surface area (Å²) in [5.41, 5.74) is -0.929. The van der Waals surface area contributed by atoms with Gasteiger partial charge in [0.2, 0.25) is 0 Å². The first kappa shape index (κ1) is 14.4. The SMILES string of the molecule is CC(O)(CO)CNC(=O)c1ccc(Br)c(Cl)c1. The van der Waals surface area contributed by atoms with E-state index in [-0.39, 0.29) is 12.5 Å². The van der Waals surface area contributed by atoms with Gasteiger partial charge in [0.05, 0.1) is 11.6 Å². The van der Waals surface area contributed by atoms with Gasteiger partial charge in [0.15, 0.2) is 0 Å². The van der Waals surface area contributed by atoms with Crippen molar-refractivity contribution < 1.29 is 15.0 Å². The lowest BCUT2D eigenvalue weighted by atomic mass is 10.1. The van der Waals surface area contributed by atoms with Crippen molar-refractivity contribution in [3.63, 3.8) is 0 Å². The van der Waals surface area contributed by atoms with Crippen molar-refractivity contribution in [3.8, 4) is 0 Å². The fraction of sp³-hybridized carbons (Fsp3) is 0.364. The highest BCUT2D eigenvalue weighted by molar-refractivity contribution is 9.10. The monoisotopic (exact) mass is 321 g/mol. The highest BCUT2D eigenvalue weighted by Gasteiger charge is 2.20. The van der Waals surface area contributed by atoms with Crippen LogP contribution >= 0.6 is 27.5 Å². The summed E-state index contributed by atoms with van der Waals surface area (Å²) < 4.78 is 0.707. The summed E-state index contributed by atoms with van der Waals surface area (Å²) >= 11 is 9.08. The van der Waals surface area contributed by atoms with Crippen LogP contribution in [0.3, 0.4) is 0 Å². The Bertz CT molecular complexity index is 423. The number of aliphatic hydroxyl groups is 2. The van der Waals surface area contributed by atoms with E-state index in [1.807, 2.05) is 0 Å². The summed E-state index contributed by atoms with van der Waals surface area (Å²) in [6.07, 6.45) is 0. The first-order chi connectivity index (χ1) is 7.85. The van der Waals surface area contributed by atoms with Crippen molar-refractivity contribution in [3.05, 3.63) is 33.3 Å². The second-order valence-corrected chi connectivity index (χ2v) is 5.23. The summed E-state index contributed by atoms with van der Waals surface area (Å²) in [5.74, 6) is -0.354. The molecule has 0 aliphatic rings. The summed E-state index contributed by atoms with van der Waals surface area (Å²) in [7, 11) is 0. The maximum atomic E-state index is 11.7. The lowest BCUT2D eigenvalue weighted by Crippen LogP contribution is -2.43. The lowest BCUT2D eigenvalue weighted by Gasteiger charge is -2.20. The van der Waals surface area contributed by atoms with E-state index in [1.165, 1.54) is 13.0 Å². The number of hydrogen-bond acceptors (Lipinski definition) is 3.